The fourth-order valence-corrected chi connectivity index (χ4v) is 7.82. The van der Waals surface area contributed by atoms with Crippen molar-refractivity contribution in [3.8, 4) is 0 Å². The van der Waals surface area contributed by atoms with Crippen LogP contribution in [0.25, 0.3) is 0 Å². The van der Waals surface area contributed by atoms with E-state index in [4.69, 9.17) is 33.7 Å². The summed E-state index contributed by atoms with van der Waals surface area (Å²) in [6.07, 6.45) is -1.97. The van der Waals surface area contributed by atoms with Gasteiger partial charge in [0.05, 0.1) is 18.3 Å². The van der Waals surface area contributed by atoms with Gasteiger partial charge in [-0.05, 0) is 36.1 Å². The van der Waals surface area contributed by atoms with Crippen LogP contribution in [-0.4, -0.2) is 46.5 Å². The number of imide groups is 1. The highest BCUT2D eigenvalue weighted by molar-refractivity contribution is 6.36. The number of hydrogen-bond donors (Lipinski definition) is 1. The summed E-state index contributed by atoms with van der Waals surface area (Å²) in [6, 6.07) is 19.2. The second-order valence-electron chi connectivity index (χ2n) is 11.0. The molecule has 10 heteroatoms. The molecule has 214 valence electrons. The van der Waals surface area contributed by atoms with Crippen molar-refractivity contribution in [2.24, 2.45) is 17.6 Å². The lowest BCUT2D eigenvalue weighted by Gasteiger charge is -2.54. The van der Waals surface area contributed by atoms with Crippen molar-refractivity contribution in [3.63, 3.8) is 0 Å². The van der Waals surface area contributed by atoms with Crippen LogP contribution >= 0.6 is 23.2 Å². The fraction of sp³-hybridized carbons (Fsp3) is 0.281. The van der Waals surface area contributed by atoms with E-state index in [0.717, 1.165) is 10.5 Å². The summed E-state index contributed by atoms with van der Waals surface area (Å²) < 4.78 is 5.46. The van der Waals surface area contributed by atoms with E-state index < -0.39 is 69.6 Å². The Morgan fingerprint density at radius 2 is 1.26 bits per heavy atom. The average molecular weight is 605 g/mol. The number of nitrogens with zero attached hydrogens (tertiary/aromatic N) is 1. The predicted molar refractivity (Wildman–Crippen MR) is 154 cm³/mol. The summed E-state index contributed by atoms with van der Waals surface area (Å²) in [5.74, 6) is -6.44. The second-order valence-corrected chi connectivity index (χ2v) is 12.2. The summed E-state index contributed by atoms with van der Waals surface area (Å²) in [4.78, 5) is 64.9. The molecule has 42 heavy (non-hydrogen) atoms. The van der Waals surface area contributed by atoms with Gasteiger partial charge < -0.3 is 10.5 Å². The number of benzene rings is 3. The van der Waals surface area contributed by atoms with Crippen LogP contribution in [0.15, 0.2) is 72.8 Å². The van der Waals surface area contributed by atoms with E-state index in [0.29, 0.717) is 27.8 Å². The normalized spacial score (nSPS) is 26.6. The number of likely N-dealkylation sites (tertiary alicyclic amines) is 1. The Labute approximate surface area is 251 Å². The molecule has 0 aromatic heterocycles. The summed E-state index contributed by atoms with van der Waals surface area (Å²) >= 11 is 14.9. The Morgan fingerprint density at radius 1 is 0.833 bits per heavy atom. The number of amides is 3. The number of esters is 1. The number of ketones is 1. The summed E-state index contributed by atoms with van der Waals surface area (Å²) in [5.41, 5.74) is 9.10. The molecule has 1 saturated heterocycles. The largest absolute Gasteiger partial charge is 0.453 e. The first-order chi connectivity index (χ1) is 19.9. The lowest BCUT2D eigenvalue weighted by Crippen LogP contribution is -2.57. The summed E-state index contributed by atoms with van der Waals surface area (Å²) in [7, 11) is 0. The molecule has 0 unspecified atom stereocenters. The van der Waals surface area contributed by atoms with Gasteiger partial charge in [-0.2, -0.15) is 0 Å². The van der Waals surface area contributed by atoms with Crippen LogP contribution in [0.5, 0.6) is 0 Å². The number of rotatable bonds is 7. The van der Waals surface area contributed by atoms with E-state index in [1.54, 1.807) is 72.8 Å². The maximum atomic E-state index is 14.2. The lowest BCUT2D eigenvalue weighted by atomic mass is 9.54. The number of primary amides is 1. The Morgan fingerprint density at radius 3 is 1.67 bits per heavy atom. The number of carbonyl (C=O) groups excluding carboxylic acids is 5. The Balaban J connectivity index is 1.40. The molecule has 1 heterocycles. The minimum Gasteiger partial charge on any atom is -0.453 e. The van der Waals surface area contributed by atoms with Crippen molar-refractivity contribution in [3.05, 3.63) is 106 Å². The Hall–Kier alpha value is -4.01. The lowest BCUT2D eigenvalue weighted by molar-refractivity contribution is -0.161. The smallest absolute Gasteiger partial charge is 0.330 e. The van der Waals surface area contributed by atoms with Crippen LogP contribution in [0.4, 0.5) is 0 Å². The number of hydrogen-bond acceptors (Lipinski definition) is 6. The van der Waals surface area contributed by atoms with E-state index in [1.807, 2.05) is 6.92 Å². The number of nitrogens with two attached hydrogens (primary N) is 1. The zero-order chi connectivity index (χ0) is 30.1. The molecule has 3 aliphatic carbocycles. The first-order valence-electron chi connectivity index (χ1n) is 13.5. The molecule has 8 nitrogen and oxygen atoms in total. The van der Waals surface area contributed by atoms with Gasteiger partial charge in [-0.1, -0.05) is 78.4 Å². The molecule has 0 radical (unpaired) electrons. The molecule has 4 atom stereocenters. The molecule has 3 aromatic carbocycles. The molecule has 2 N–H and O–H groups in total. The standard InChI is InChI=1S/C32H26Cl2N2O6/c1-16-11-13-18(14-12-16)27(38)17(2)42-30(41)23(15-24(35)37)36-28(39)25-26(29(36)40)32(34)20-8-4-3-7-19(20)31(25,33)21-9-5-6-10-22(21)32/h3-14,17,23,25-26H,15H2,1-2H3,(H2,35,37)/t17-,23+,25-,26-,31?,32?/m0/s1. The second kappa shape index (κ2) is 9.78. The third-order valence-electron chi connectivity index (χ3n) is 8.60. The SMILES string of the molecule is Cc1ccc(C(=O)[C@H](C)OC(=O)[C@@H](CC(N)=O)N2C(=O)[C@@H]3[C@@H](C2=O)C2(Cl)c4ccccc4C3(Cl)c3ccccc32)cc1. The number of alkyl halides is 2. The van der Waals surface area contributed by atoms with Crippen LogP contribution in [0.2, 0.25) is 0 Å². The number of Topliss-reactive ketones (excluding diaryl/α,β-unsaturated/α-hetero) is 1. The van der Waals surface area contributed by atoms with E-state index in [2.05, 4.69) is 0 Å². The molecule has 7 rings (SSSR count). The fourth-order valence-electron chi connectivity index (χ4n) is 6.73. The zero-order valence-corrected chi connectivity index (χ0v) is 24.2. The van der Waals surface area contributed by atoms with Gasteiger partial charge in [0.15, 0.2) is 6.10 Å². The summed E-state index contributed by atoms with van der Waals surface area (Å²) in [6.45, 7) is 3.25. The van der Waals surface area contributed by atoms with Gasteiger partial charge in [0, 0.05) is 5.56 Å². The maximum absolute atomic E-state index is 14.2. The molecular weight excluding hydrogens is 579 g/mol. The van der Waals surface area contributed by atoms with E-state index in [1.165, 1.54) is 6.92 Å². The van der Waals surface area contributed by atoms with Crippen molar-refractivity contribution < 1.29 is 28.7 Å². The third-order valence-corrected chi connectivity index (χ3v) is 9.88. The van der Waals surface area contributed by atoms with Gasteiger partial charge >= 0.3 is 5.97 Å². The molecule has 4 aliphatic rings. The predicted octanol–water partition coefficient (Wildman–Crippen LogP) is 3.95. The molecule has 2 bridgehead atoms. The Kier molecular flexibility index (Phi) is 6.55. The molecule has 0 saturated carbocycles. The van der Waals surface area contributed by atoms with Crippen molar-refractivity contribution in [1.82, 2.24) is 4.90 Å². The van der Waals surface area contributed by atoms with Gasteiger partial charge in [0.1, 0.15) is 15.8 Å². The van der Waals surface area contributed by atoms with E-state index in [9.17, 15) is 24.0 Å². The van der Waals surface area contributed by atoms with Crippen molar-refractivity contribution in [2.45, 2.75) is 42.2 Å². The highest BCUT2D eigenvalue weighted by Gasteiger charge is 2.74. The van der Waals surface area contributed by atoms with Gasteiger partial charge in [-0.25, -0.2) is 4.79 Å². The Bertz CT molecular complexity index is 1560. The number of ether oxygens (including phenoxy) is 1. The third kappa shape index (κ3) is 3.78. The average Bonchev–Trinajstić information content (AvgIpc) is 3.25. The maximum Gasteiger partial charge on any atom is 0.330 e. The number of halogens is 2. The monoisotopic (exact) mass is 604 g/mol. The summed E-state index contributed by atoms with van der Waals surface area (Å²) in [5, 5.41) is 0. The van der Waals surface area contributed by atoms with Crippen molar-refractivity contribution in [1.29, 1.82) is 0 Å². The minimum atomic E-state index is -1.72. The molecule has 1 aliphatic heterocycles. The van der Waals surface area contributed by atoms with E-state index in [-0.39, 0.29) is 0 Å². The highest BCUT2D eigenvalue weighted by Crippen LogP contribution is 2.69. The van der Waals surface area contributed by atoms with Gasteiger partial charge in [0.25, 0.3) is 0 Å². The quantitative estimate of drug-likeness (QED) is 0.188. The highest BCUT2D eigenvalue weighted by atomic mass is 35.5. The van der Waals surface area contributed by atoms with Crippen LogP contribution in [-0.2, 0) is 33.7 Å². The van der Waals surface area contributed by atoms with Crippen LogP contribution in [0.1, 0.15) is 51.5 Å². The zero-order valence-electron chi connectivity index (χ0n) is 22.7. The van der Waals surface area contributed by atoms with Crippen molar-refractivity contribution >= 4 is 52.7 Å². The topological polar surface area (TPSA) is 124 Å². The molecule has 3 aromatic rings. The molecule has 1 fully saturated rings. The molecule has 3 amide bonds. The van der Waals surface area contributed by atoms with E-state index >= 15 is 0 Å². The van der Waals surface area contributed by atoms with Gasteiger partial charge in [-0.3, -0.25) is 24.1 Å². The minimum absolute atomic E-state index is 0.312. The molecule has 0 spiro atoms. The van der Waals surface area contributed by atoms with Crippen LogP contribution < -0.4 is 5.73 Å². The number of aryl methyl sites for hydroxylation is 1. The van der Waals surface area contributed by atoms with Gasteiger partial charge in [-0.15, -0.1) is 23.2 Å². The van der Waals surface area contributed by atoms with Gasteiger partial charge in [0.2, 0.25) is 23.5 Å². The molecular formula is C32H26Cl2N2O6. The van der Waals surface area contributed by atoms with Crippen LogP contribution in [0.3, 0.4) is 0 Å². The first-order valence-corrected chi connectivity index (χ1v) is 14.2. The number of carbonyl (C=O) groups is 5. The van der Waals surface area contributed by atoms with Crippen LogP contribution in [0, 0.1) is 18.8 Å². The first kappa shape index (κ1) is 28.1. The van der Waals surface area contributed by atoms with Crippen molar-refractivity contribution in [2.75, 3.05) is 0 Å².